The van der Waals surface area contributed by atoms with E-state index in [4.69, 9.17) is 10.7 Å². The summed E-state index contributed by atoms with van der Waals surface area (Å²) in [6.07, 6.45) is 4.67. The lowest BCUT2D eigenvalue weighted by molar-refractivity contribution is 0.610. The molecule has 0 saturated carbocycles. The number of aryl methyl sites for hydroxylation is 1. The number of H-pyrrole nitrogens is 1. The minimum absolute atomic E-state index is 0.0614. The molecule has 7 heteroatoms. The minimum atomic E-state index is -3.80. The van der Waals surface area contributed by atoms with Crippen LogP contribution in [0.4, 0.5) is 0 Å². The molecule has 0 aliphatic rings. The van der Waals surface area contributed by atoms with Crippen molar-refractivity contribution in [3.8, 4) is 11.4 Å². The zero-order valence-electron chi connectivity index (χ0n) is 10.5. The van der Waals surface area contributed by atoms with Gasteiger partial charge < -0.3 is 4.98 Å². The molecule has 0 spiro atoms. The van der Waals surface area contributed by atoms with Crippen LogP contribution in [0, 0.1) is 6.92 Å². The average molecular weight is 308 g/mol. The molecule has 1 aromatic carbocycles. The number of fused-ring (bicyclic) bond motifs is 1. The molecule has 2 heterocycles. The standard InChI is InChI=1S/C13H10ClN3O2S/c1-8-3-4-9-10(20(14,18)19)7-17-12(9)11(8)13-15-5-2-6-16-13/h2-7,17H,1H3. The summed E-state index contributed by atoms with van der Waals surface area (Å²) in [7, 11) is 1.64. The number of aromatic nitrogens is 3. The third kappa shape index (κ3) is 2.07. The molecule has 0 unspecified atom stereocenters. The van der Waals surface area contributed by atoms with Crippen LogP contribution in [0.3, 0.4) is 0 Å². The van der Waals surface area contributed by atoms with Crippen molar-refractivity contribution in [1.82, 2.24) is 15.0 Å². The molecule has 1 N–H and O–H groups in total. The predicted octanol–water partition coefficient (Wildman–Crippen LogP) is 2.86. The van der Waals surface area contributed by atoms with Crippen LogP contribution < -0.4 is 0 Å². The molecule has 0 fully saturated rings. The van der Waals surface area contributed by atoms with Gasteiger partial charge in [0.05, 0.1) is 5.52 Å². The van der Waals surface area contributed by atoms with Crippen LogP contribution in [0.1, 0.15) is 5.56 Å². The fourth-order valence-electron chi connectivity index (χ4n) is 2.20. The molecule has 0 saturated heterocycles. The van der Waals surface area contributed by atoms with E-state index in [-0.39, 0.29) is 4.90 Å². The molecule has 5 nitrogen and oxygen atoms in total. The first kappa shape index (κ1) is 13.1. The number of rotatable bonds is 2. The van der Waals surface area contributed by atoms with E-state index in [1.807, 2.05) is 13.0 Å². The normalized spacial score (nSPS) is 11.9. The van der Waals surface area contributed by atoms with E-state index in [9.17, 15) is 8.42 Å². The average Bonchev–Trinajstić information content (AvgIpc) is 2.83. The lowest BCUT2D eigenvalue weighted by Crippen LogP contribution is -1.92. The maximum atomic E-state index is 11.6. The fraction of sp³-hybridized carbons (Fsp3) is 0.0769. The Balaban J connectivity index is 2.39. The fourth-order valence-corrected chi connectivity index (χ4v) is 3.21. The highest BCUT2D eigenvalue weighted by molar-refractivity contribution is 8.14. The molecule has 0 aliphatic heterocycles. The largest absolute Gasteiger partial charge is 0.359 e. The number of hydrogen-bond acceptors (Lipinski definition) is 4. The van der Waals surface area contributed by atoms with Crippen molar-refractivity contribution >= 4 is 30.6 Å². The summed E-state index contributed by atoms with van der Waals surface area (Å²) in [5.41, 5.74) is 2.38. The maximum Gasteiger partial charge on any atom is 0.263 e. The molecule has 0 bridgehead atoms. The highest BCUT2D eigenvalue weighted by Gasteiger charge is 2.19. The summed E-state index contributed by atoms with van der Waals surface area (Å²) in [4.78, 5) is 11.5. The summed E-state index contributed by atoms with van der Waals surface area (Å²) in [5, 5.41) is 0.535. The van der Waals surface area contributed by atoms with Gasteiger partial charge in [-0.3, -0.25) is 0 Å². The molecule has 2 aromatic heterocycles. The van der Waals surface area contributed by atoms with Gasteiger partial charge in [-0.1, -0.05) is 12.1 Å². The molecule has 0 amide bonds. The van der Waals surface area contributed by atoms with Gasteiger partial charge in [0, 0.05) is 40.2 Å². The Hall–Kier alpha value is -1.92. The molecule has 3 aromatic rings. The van der Waals surface area contributed by atoms with Gasteiger partial charge in [-0.05, 0) is 18.6 Å². The monoisotopic (exact) mass is 307 g/mol. The van der Waals surface area contributed by atoms with Gasteiger partial charge in [0.15, 0.2) is 5.82 Å². The summed E-state index contributed by atoms with van der Waals surface area (Å²) < 4.78 is 23.1. The van der Waals surface area contributed by atoms with Crippen LogP contribution in [0.25, 0.3) is 22.3 Å². The Bertz CT molecular complexity index is 889. The molecule has 0 aliphatic carbocycles. The van der Waals surface area contributed by atoms with Crippen molar-refractivity contribution < 1.29 is 8.42 Å². The van der Waals surface area contributed by atoms with Gasteiger partial charge >= 0.3 is 0 Å². The first-order valence-corrected chi connectivity index (χ1v) is 8.12. The highest BCUT2D eigenvalue weighted by Crippen LogP contribution is 2.33. The van der Waals surface area contributed by atoms with Crippen LogP contribution in [0.2, 0.25) is 0 Å². The number of aromatic amines is 1. The van der Waals surface area contributed by atoms with Gasteiger partial charge in [-0.15, -0.1) is 0 Å². The third-order valence-corrected chi connectivity index (χ3v) is 4.44. The van der Waals surface area contributed by atoms with Crippen molar-refractivity contribution in [3.63, 3.8) is 0 Å². The Labute approximate surface area is 120 Å². The third-order valence-electron chi connectivity index (χ3n) is 3.08. The molecular formula is C13H10ClN3O2S. The molecule has 0 radical (unpaired) electrons. The second kappa shape index (κ2) is 4.57. The number of nitrogens with one attached hydrogen (secondary N) is 1. The number of halogens is 1. The van der Waals surface area contributed by atoms with Crippen molar-refractivity contribution in [2.24, 2.45) is 0 Å². The van der Waals surface area contributed by atoms with E-state index in [1.54, 1.807) is 24.5 Å². The molecule has 0 atom stereocenters. The lowest BCUT2D eigenvalue weighted by atomic mass is 10.0. The first-order valence-electron chi connectivity index (χ1n) is 5.81. The van der Waals surface area contributed by atoms with Gasteiger partial charge in [-0.2, -0.15) is 0 Å². The van der Waals surface area contributed by atoms with Crippen LogP contribution in [-0.2, 0) is 9.05 Å². The summed E-state index contributed by atoms with van der Waals surface area (Å²) in [5.74, 6) is 0.538. The quantitative estimate of drug-likeness (QED) is 0.739. The van der Waals surface area contributed by atoms with Crippen LogP contribution >= 0.6 is 10.7 Å². The minimum Gasteiger partial charge on any atom is -0.359 e. The highest BCUT2D eigenvalue weighted by atomic mass is 35.7. The predicted molar refractivity (Wildman–Crippen MR) is 77.1 cm³/mol. The number of benzene rings is 1. The zero-order valence-corrected chi connectivity index (χ0v) is 12.0. The molecular weight excluding hydrogens is 298 g/mol. The van der Waals surface area contributed by atoms with E-state index in [0.717, 1.165) is 11.1 Å². The summed E-state index contributed by atoms with van der Waals surface area (Å²) >= 11 is 0. The Kier molecular flexibility index (Phi) is 2.99. The SMILES string of the molecule is Cc1ccc2c(S(=O)(=O)Cl)c[nH]c2c1-c1ncccn1. The second-order valence-corrected chi connectivity index (χ2v) is 6.88. The van der Waals surface area contributed by atoms with Crippen LogP contribution in [0.15, 0.2) is 41.7 Å². The Morgan fingerprint density at radius 3 is 2.55 bits per heavy atom. The zero-order chi connectivity index (χ0) is 14.3. The summed E-state index contributed by atoms with van der Waals surface area (Å²) in [6, 6.07) is 5.28. The van der Waals surface area contributed by atoms with Crippen LogP contribution in [-0.4, -0.2) is 23.4 Å². The van der Waals surface area contributed by atoms with Crippen molar-refractivity contribution in [1.29, 1.82) is 0 Å². The van der Waals surface area contributed by atoms with Crippen molar-refractivity contribution in [2.45, 2.75) is 11.8 Å². The van der Waals surface area contributed by atoms with Gasteiger partial charge in [-0.25, -0.2) is 18.4 Å². The van der Waals surface area contributed by atoms with Crippen molar-refractivity contribution in [3.05, 3.63) is 42.4 Å². The van der Waals surface area contributed by atoms with E-state index in [0.29, 0.717) is 16.7 Å². The van der Waals surface area contributed by atoms with E-state index in [1.165, 1.54) is 6.20 Å². The smallest absolute Gasteiger partial charge is 0.263 e. The van der Waals surface area contributed by atoms with Gasteiger partial charge in [0.2, 0.25) is 0 Å². The number of nitrogens with zero attached hydrogens (tertiary/aromatic N) is 2. The van der Waals surface area contributed by atoms with E-state index < -0.39 is 9.05 Å². The van der Waals surface area contributed by atoms with E-state index >= 15 is 0 Å². The van der Waals surface area contributed by atoms with Crippen LogP contribution in [0.5, 0.6) is 0 Å². The summed E-state index contributed by atoms with van der Waals surface area (Å²) in [6.45, 7) is 1.92. The lowest BCUT2D eigenvalue weighted by Gasteiger charge is -2.06. The van der Waals surface area contributed by atoms with E-state index in [2.05, 4.69) is 15.0 Å². The van der Waals surface area contributed by atoms with Crippen molar-refractivity contribution in [2.75, 3.05) is 0 Å². The Morgan fingerprint density at radius 2 is 1.90 bits per heavy atom. The molecule has 20 heavy (non-hydrogen) atoms. The Morgan fingerprint density at radius 1 is 1.20 bits per heavy atom. The molecule has 3 rings (SSSR count). The maximum absolute atomic E-state index is 11.6. The molecule has 102 valence electrons. The first-order chi connectivity index (χ1) is 9.48. The number of hydrogen-bond donors (Lipinski definition) is 1. The topological polar surface area (TPSA) is 75.7 Å². The van der Waals surface area contributed by atoms with Gasteiger partial charge in [0.1, 0.15) is 4.90 Å². The van der Waals surface area contributed by atoms with Gasteiger partial charge in [0.25, 0.3) is 9.05 Å². The second-order valence-electron chi connectivity index (χ2n) is 4.34.